The van der Waals surface area contributed by atoms with Gasteiger partial charge >= 0.3 is 11.9 Å². The zero-order valence-electron chi connectivity index (χ0n) is 21.9. The average molecular weight is 439 g/mol. The summed E-state index contributed by atoms with van der Waals surface area (Å²) in [6.07, 6.45) is 6.60. The smallest absolute Gasteiger partial charge is 0.310 e. The van der Waals surface area contributed by atoms with Crippen molar-refractivity contribution in [1.29, 1.82) is 0 Å². The number of carbonyl (C=O) groups is 2. The summed E-state index contributed by atoms with van der Waals surface area (Å²) >= 11 is 0. The van der Waals surface area contributed by atoms with Crippen LogP contribution in [0.2, 0.25) is 0 Å². The van der Waals surface area contributed by atoms with Crippen molar-refractivity contribution in [3.63, 3.8) is 0 Å². The normalized spacial score (nSPS) is 24.4. The van der Waals surface area contributed by atoms with Crippen LogP contribution in [0.5, 0.6) is 0 Å². The van der Waals surface area contributed by atoms with Gasteiger partial charge in [-0.25, -0.2) is 0 Å². The van der Waals surface area contributed by atoms with E-state index in [0.717, 1.165) is 44.9 Å². The molecule has 1 aliphatic carbocycles. The van der Waals surface area contributed by atoms with Crippen LogP contribution in [0.15, 0.2) is 0 Å². The lowest BCUT2D eigenvalue weighted by atomic mass is 9.72. The zero-order chi connectivity index (χ0) is 23.8. The molecule has 5 atom stereocenters. The van der Waals surface area contributed by atoms with E-state index in [1.807, 2.05) is 0 Å². The molecule has 5 unspecified atom stereocenters. The van der Waals surface area contributed by atoms with Gasteiger partial charge in [0, 0.05) is 0 Å². The van der Waals surface area contributed by atoms with Gasteiger partial charge in [0.25, 0.3) is 0 Å². The lowest BCUT2D eigenvalue weighted by Crippen LogP contribution is -2.39. The highest BCUT2D eigenvalue weighted by Gasteiger charge is 2.42. The van der Waals surface area contributed by atoms with Crippen molar-refractivity contribution >= 4 is 11.9 Å². The van der Waals surface area contributed by atoms with Gasteiger partial charge in [-0.15, -0.1) is 0 Å². The van der Waals surface area contributed by atoms with Crippen LogP contribution < -0.4 is 0 Å². The summed E-state index contributed by atoms with van der Waals surface area (Å²) in [5, 5.41) is 0. The molecule has 31 heavy (non-hydrogen) atoms. The summed E-state index contributed by atoms with van der Waals surface area (Å²) in [7, 11) is 0. The van der Waals surface area contributed by atoms with E-state index in [1.54, 1.807) is 0 Å². The van der Waals surface area contributed by atoms with Crippen LogP contribution in [0.1, 0.15) is 107 Å². The fourth-order valence-corrected chi connectivity index (χ4v) is 5.30. The standard InChI is InChI=1S/C27H50O4/c1-19(17-26(4,5)6)13-15-30-24(28)22-12-10-11-21(3)23(22)25(29)31-16-14-20(2)18-27(7,8)9/h19-23H,10-18H2,1-9H3. The Bertz CT molecular complexity index is 555. The third-order valence-corrected chi connectivity index (χ3v) is 6.43. The number of esters is 2. The first kappa shape index (κ1) is 28.0. The Labute approximate surface area is 192 Å². The lowest BCUT2D eigenvalue weighted by molar-refractivity contribution is -0.165. The molecule has 1 aliphatic rings. The predicted octanol–water partition coefficient (Wildman–Crippen LogP) is 7.05. The van der Waals surface area contributed by atoms with Crippen molar-refractivity contribution in [3.05, 3.63) is 0 Å². The molecule has 0 aliphatic heterocycles. The monoisotopic (exact) mass is 438 g/mol. The first-order valence-corrected chi connectivity index (χ1v) is 12.5. The average Bonchev–Trinajstić information content (AvgIpc) is 2.58. The van der Waals surface area contributed by atoms with Gasteiger partial charge in [0.05, 0.1) is 25.0 Å². The maximum atomic E-state index is 12.9. The number of hydrogen-bond acceptors (Lipinski definition) is 4. The highest BCUT2D eigenvalue weighted by atomic mass is 16.5. The molecule has 0 heterocycles. The maximum Gasteiger partial charge on any atom is 0.310 e. The van der Waals surface area contributed by atoms with E-state index in [4.69, 9.17) is 9.47 Å². The van der Waals surface area contributed by atoms with Gasteiger partial charge in [-0.2, -0.15) is 0 Å². The van der Waals surface area contributed by atoms with Crippen molar-refractivity contribution in [1.82, 2.24) is 0 Å². The summed E-state index contributed by atoms with van der Waals surface area (Å²) < 4.78 is 11.3. The SMILES string of the molecule is CC(CCOC(=O)C1CCCC(C)C1C(=O)OCCC(C)CC(C)(C)C)CC(C)(C)C. The van der Waals surface area contributed by atoms with E-state index in [2.05, 4.69) is 62.3 Å². The van der Waals surface area contributed by atoms with Crippen molar-refractivity contribution < 1.29 is 19.1 Å². The van der Waals surface area contributed by atoms with Gasteiger partial charge in [-0.3, -0.25) is 9.59 Å². The summed E-state index contributed by atoms with van der Waals surface area (Å²) in [4.78, 5) is 25.7. The Morgan fingerprint density at radius 2 is 1.26 bits per heavy atom. The molecule has 0 saturated heterocycles. The Balaban J connectivity index is 2.55. The van der Waals surface area contributed by atoms with Crippen LogP contribution in [0.4, 0.5) is 0 Å². The second-order valence-electron chi connectivity index (χ2n) is 12.7. The largest absolute Gasteiger partial charge is 0.465 e. The second-order valence-corrected chi connectivity index (χ2v) is 12.7. The van der Waals surface area contributed by atoms with E-state index in [-0.39, 0.29) is 40.5 Å². The lowest BCUT2D eigenvalue weighted by Gasteiger charge is -2.33. The number of carbonyl (C=O) groups excluding carboxylic acids is 2. The van der Waals surface area contributed by atoms with Gasteiger partial charge in [0.2, 0.25) is 0 Å². The van der Waals surface area contributed by atoms with Crippen LogP contribution in [0, 0.1) is 40.4 Å². The van der Waals surface area contributed by atoms with E-state index in [1.165, 1.54) is 0 Å². The first-order valence-electron chi connectivity index (χ1n) is 12.5. The molecule has 0 bridgehead atoms. The van der Waals surface area contributed by atoms with Gasteiger partial charge in [0.1, 0.15) is 0 Å². The zero-order valence-corrected chi connectivity index (χ0v) is 21.9. The number of ether oxygens (including phenoxy) is 2. The molecule has 4 nitrogen and oxygen atoms in total. The molecule has 0 aromatic rings. The molecule has 0 aromatic heterocycles. The van der Waals surface area contributed by atoms with Gasteiger partial charge in [-0.05, 0) is 67.1 Å². The molecule has 0 amide bonds. The topological polar surface area (TPSA) is 52.6 Å². The van der Waals surface area contributed by atoms with E-state index in [0.29, 0.717) is 25.0 Å². The van der Waals surface area contributed by atoms with E-state index in [9.17, 15) is 9.59 Å². The van der Waals surface area contributed by atoms with Crippen LogP contribution in [-0.2, 0) is 19.1 Å². The fraction of sp³-hybridized carbons (Fsp3) is 0.926. The van der Waals surface area contributed by atoms with Crippen LogP contribution in [0.25, 0.3) is 0 Å². The van der Waals surface area contributed by atoms with E-state index < -0.39 is 0 Å². The quantitative estimate of drug-likeness (QED) is 0.343. The molecule has 1 rings (SSSR count). The Morgan fingerprint density at radius 1 is 0.806 bits per heavy atom. The van der Waals surface area contributed by atoms with Crippen molar-refractivity contribution in [2.45, 2.75) is 107 Å². The van der Waals surface area contributed by atoms with Gasteiger partial charge in [0.15, 0.2) is 0 Å². The summed E-state index contributed by atoms with van der Waals surface area (Å²) in [5.74, 6) is 0.0232. The first-order chi connectivity index (χ1) is 14.2. The highest BCUT2D eigenvalue weighted by Crippen LogP contribution is 2.37. The number of hydrogen-bond donors (Lipinski definition) is 0. The fourth-order valence-electron chi connectivity index (χ4n) is 5.30. The predicted molar refractivity (Wildman–Crippen MR) is 128 cm³/mol. The van der Waals surface area contributed by atoms with Crippen LogP contribution in [0.3, 0.4) is 0 Å². The number of rotatable bonds is 10. The molecule has 1 fully saturated rings. The molecular weight excluding hydrogens is 388 g/mol. The minimum absolute atomic E-state index is 0.158. The van der Waals surface area contributed by atoms with Crippen molar-refractivity contribution in [2.24, 2.45) is 40.4 Å². The molecule has 0 spiro atoms. The van der Waals surface area contributed by atoms with E-state index >= 15 is 0 Å². The van der Waals surface area contributed by atoms with Gasteiger partial charge in [-0.1, -0.05) is 68.7 Å². The molecule has 0 N–H and O–H groups in total. The Hall–Kier alpha value is -1.06. The molecular formula is C27H50O4. The summed E-state index contributed by atoms with van der Waals surface area (Å²) in [6.45, 7) is 20.8. The molecule has 4 heteroatoms. The van der Waals surface area contributed by atoms with Gasteiger partial charge < -0.3 is 9.47 Å². The molecule has 1 saturated carbocycles. The minimum Gasteiger partial charge on any atom is -0.465 e. The van der Waals surface area contributed by atoms with Crippen molar-refractivity contribution in [2.75, 3.05) is 13.2 Å². The Kier molecular flexibility index (Phi) is 11.1. The van der Waals surface area contributed by atoms with Crippen LogP contribution in [-0.4, -0.2) is 25.2 Å². The second kappa shape index (κ2) is 12.3. The highest BCUT2D eigenvalue weighted by molar-refractivity contribution is 5.82. The maximum absolute atomic E-state index is 12.9. The van der Waals surface area contributed by atoms with Crippen LogP contribution >= 0.6 is 0 Å². The molecule has 0 aromatic carbocycles. The molecule has 182 valence electrons. The Morgan fingerprint density at radius 3 is 1.71 bits per heavy atom. The van der Waals surface area contributed by atoms with Crippen molar-refractivity contribution in [3.8, 4) is 0 Å². The third-order valence-electron chi connectivity index (χ3n) is 6.43. The molecule has 0 radical (unpaired) electrons. The third kappa shape index (κ3) is 11.4. The summed E-state index contributed by atoms with van der Waals surface area (Å²) in [6, 6.07) is 0. The minimum atomic E-state index is -0.369. The summed E-state index contributed by atoms with van der Waals surface area (Å²) in [5.41, 5.74) is 0.558.